The fraction of sp³-hybridized carbons (Fsp3) is 0.111. The minimum absolute atomic E-state index is 0.0862. The molecule has 0 amide bonds. The molecular formula is C9H7FN2O. The topological polar surface area (TPSA) is 45.8 Å². The molecule has 0 radical (unpaired) electrons. The molecule has 2 aromatic rings. The summed E-state index contributed by atoms with van der Waals surface area (Å²) in [6.45, 7) is 1.45. The van der Waals surface area contributed by atoms with E-state index in [-0.39, 0.29) is 11.3 Å². The van der Waals surface area contributed by atoms with Gasteiger partial charge in [-0.3, -0.25) is 4.79 Å². The van der Waals surface area contributed by atoms with E-state index in [0.29, 0.717) is 10.9 Å². The highest BCUT2D eigenvalue weighted by atomic mass is 19.1. The summed E-state index contributed by atoms with van der Waals surface area (Å²) in [6.07, 6.45) is 2.84. The molecule has 0 saturated heterocycles. The van der Waals surface area contributed by atoms with E-state index in [1.807, 2.05) is 0 Å². The third-order valence-corrected chi connectivity index (χ3v) is 1.94. The maximum absolute atomic E-state index is 13.0. The molecule has 13 heavy (non-hydrogen) atoms. The first kappa shape index (κ1) is 7.91. The van der Waals surface area contributed by atoms with Crippen LogP contribution in [0.5, 0.6) is 0 Å². The van der Waals surface area contributed by atoms with Gasteiger partial charge < -0.3 is 4.98 Å². The number of nitrogens with zero attached hydrogens (tertiary/aromatic N) is 1. The zero-order valence-corrected chi connectivity index (χ0v) is 6.97. The Morgan fingerprint density at radius 2 is 2.38 bits per heavy atom. The van der Waals surface area contributed by atoms with Gasteiger partial charge in [0, 0.05) is 23.3 Å². The maximum atomic E-state index is 13.0. The number of halogens is 1. The molecule has 2 aromatic heterocycles. The van der Waals surface area contributed by atoms with E-state index in [9.17, 15) is 9.18 Å². The van der Waals surface area contributed by atoms with E-state index in [1.54, 1.807) is 6.07 Å². The average molecular weight is 178 g/mol. The molecule has 66 valence electrons. The predicted molar refractivity (Wildman–Crippen MR) is 46.1 cm³/mol. The van der Waals surface area contributed by atoms with Crippen molar-refractivity contribution in [2.24, 2.45) is 0 Å². The number of hydrogen-bond donors (Lipinski definition) is 1. The minimum Gasteiger partial charge on any atom is -0.357 e. The van der Waals surface area contributed by atoms with Gasteiger partial charge in [0.2, 0.25) is 5.95 Å². The molecule has 0 aromatic carbocycles. The van der Waals surface area contributed by atoms with Crippen LogP contribution < -0.4 is 0 Å². The lowest BCUT2D eigenvalue weighted by molar-refractivity contribution is 0.101. The van der Waals surface area contributed by atoms with Crippen molar-refractivity contribution in [3.8, 4) is 0 Å². The Labute approximate surface area is 73.6 Å². The number of aromatic nitrogens is 2. The van der Waals surface area contributed by atoms with E-state index in [1.165, 1.54) is 19.3 Å². The number of aromatic amines is 1. The zero-order valence-electron chi connectivity index (χ0n) is 6.97. The largest absolute Gasteiger partial charge is 0.357 e. The van der Waals surface area contributed by atoms with E-state index < -0.39 is 5.95 Å². The van der Waals surface area contributed by atoms with Crippen molar-refractivity contribution in [3.05, 3.63) is 30.0 Å². The average Bonchev–Trinajstić information content (AvgIpc) is 2.48. The summed E-state index contributed by atoms with van der Waals surface area (Å²) in [7, 11) is 0. The first-order valence-electron chi connectivity index (χ1n) is 3.82. The number of nitrogens with one attached hydrogen (secondary N) is 1. The van der Waals surface area contributed by atoms with Crippen LogP contribution in [-0.2, 0) is 0 Å². The second-order valence-corrected chi connectivity index (χ2v) is 2.78. The molecular weight excluding hydrogens is 171 g/mol. The van der Waals surface area contributed by atoms with Gasteiger partial charge in [-0.2, -0.15) is 4.39 Å². The van der Waals surface area contributed by atoms with Crippen LogP contribution in [0.2, 0.25) is 0 Å². The van der Waals surface area contributed by atoms with Gasteiger partial charge in [-0.25, -0.2) is 4.98 Å². The molecule has 2 rings (SSSR count). The lowest BCUT2D eigenvalue weighted by Crippen LogP contribution is -1.89. The van der Waals surface area contributed by atoms with Gasteiger partial charge in [0.15, 0.2) is 5.78 Å². The highest BCUT2D eigenvalue weighted by Gasteiger charge is 2.10. The first-order valence-corrected chi connectivity index (χ1v) is 3.82. The number of rotatable bonds is 1. The van der Waals surface area contributed by atoms with Crippen LogP contribution >= 0.6 is 0 Å². The monoisotopic (exact) mass is 178 g/mol. The minimum atomic E-state index is -0.579. The summed E-state index contributed by atoms with van der Waals surface area (Å²) in [6, 6.07) is 1.62. The zero-order chi connectivity index (χ0) is 9.42. The van der Waals surface area contributed by atoms with Crippen molar-refractivity contribution in [2.45, 2.75) is 6.92 Å². The molecule has 0 aliphatic heterocycles. The van der Waals surface area contributed by atoms with Gasteiger partial charge in [0.05, 0.1) is 0 Å². The Balaban J connectivity index is 2.83. The number of carbonyl (C=O) groups excluding carboxylic acids is 1. The number of Topliss-reactive ketones (excluding diaryl/α,β-unsaturated/α-hetero) is 1. The summed E-state index contributed by atoms with van der Waals surface area (Å²) in [4.78, 5) is 17.2. The van der Waals surface area contributed by atoms with E-state index in [2.05, 4.69) is 9.97 Å². The van der Waals surface area contributed by atoms with Crippen molar-refractivity contribution in [1.29, 1.82) is 0 Å². The summed E-state index contributed by atoms with van der Waals surface area (Å²) >= 11 is 0. The van der Waals surface area contributed by atoms with E-state index >= 15 is 0 Å². The number of hydrogen-bond acceptors (Lipinski definition) is 2. The molecule has 4 heteroatoms. The van der Waals surface area contributed by atoms with Crippen molar-refractivity contribution in [3.63, 3.8) is 0 Å². The van der Waals surface area contributed by atoms with Gasteiger partial charge >= 0.3 is 0 Å². The Hall–Kier alpha value is -1.71. The molecule has 2 heterocycles. The van der Waals surface area contributed by atoms with Crippen molar-refractivity contribution in [2.75, 3.05) is 0 Å². The van der Waals surface area contributed by atoms with E-state index in [4.69, 9.17) is 0 Å². The highest BCUT2D eigenvalue weighted by Crippen LogP contribution is 2.19. The summed E-state index contributed by atoms with van der Waals surface area (Å²) < 4.78 is 13.0. The van der Waals surface area contributed by atoms with Crippen LogP contribution in [0.1, 0.15) is 17.3 Å². The molecule has 3 nitrogen and oxygen atoms in total. The number of ketones is 1. The quantitative estimate of drug-likeness (QED) is 0.535. The predicted octanol–water partition coefficient (Wildman–Crippen LogP) is 1.90. The molecule has 0 aliphatic carbocycles. The first-order chi connectivity index (χ1) is 6.20. The second kappa shape index (κ2) is 2.65. The third kappa shape index (κ3) is 1.11. The maximum Gasteiger partial charge on any atom is 0.237 e. The fourth-order valence-corrected chi connectivity index (χ4v) is 1.31. The Morgan fingerprint density at radius 3 is 3.08 bits per heavy atom. The molecule has 0 bridgehead atoms. The summed E-state index contributed by atoms with van der Waals surface area (Å²) in [5.41, 5.74) is 0.781. The molecule has 0 spiro atoms. The van der Waals surface area contributed by atoms with Gasteiger partial charge in [0.1, 0.15) is 5.52 Å². The molecule has 0 atom stereocenters. The highest BCUT2D eigenvalue weighted by molar-refractivity contribution is 6.06. The standard InChI is InChI=1S/C9H7FN2O/c1-5(13)7-4-12-8-6(7)2-3-11-9(8)10/h2-4,12H,1H3. The van der Waals surface area contributed by atoms with Gasteiger partial charge in [-0.05, 0) is 13.0 Å². The summed E-state index contributed by atoms with van der Waals surface area (Å²) in [5.74, 6) is -0.665. The second-order valence-electron chi connectivity index (χ2n) is 2.78. The molecule has 0 saturated carbocycles. The lowest BCUT2D eigenvalue weighted by atomic mass is 10.1. The normalized spacial score (nSPS) is 10.6. The Morgan fingerprint density at radius 1 is 1.62 bits per heavy atom. The fourth-order valence-electron chi connectivity index (χ4n) is 1.31. The lowest BCUT2D eigenvalue weighted by Gasteiger charge is -1.92. The van der Waals surface area contributed by atoms with Crippen LogP contribution in [-0.4, -0.2) is 15.8 Å². The van der Waals surface area contributed by atoms with Gasteiger partial charge in [-0.1, -0.05) is 0 Å². The SMILES string of the molecule is CC(=O)c1c[nH]c2c(F)nccc12. The third-order valence-electron chi connectivity index (χ3n) is 1.94. The Kier molecular flexibility index (Phi) is 1.62. The van der Waals surface area contributed by atoms with E-state index in [0.717, 1.165) is 0 Å². The number of H-pyrrole nitrogens is 1. The molecule has 1 N–H and O–H groups in total. The number of pyridine rings is 1. The van der Waals surface area contributed by atoms with Crippen LogP contribution in [0, 0.1) is 5.95 Å². The molecule has 0 unspecified atom stereocenters. The molecule has 0 aliphatic rings. The summed E-state index contributed by atoms with van der Waals surface area (Å²) in [5, 5.41) is 0.583. The van der Waals surface area contributed by atoms with Crippen molar-refractivity contribution in [1.82, 2.24) is 9.97 Å². The number of fused-ring (bicyclic) bond motifs is 1. The van der Waals surface area contributed by atoms with Gasteiger partial charge in [0.25, 0.3) is 0 Å². The smallest absolute Gasteiger partial charge is 0.237 e. The Bertz CT molecular complexity index is 475. The number of carbonyl (C=O) groups is 1. The van der Waals surface area contributed by atoms with Crippen LogP contribution in [0.4, 0.5) is 4.39 Å². The van der Waals surface area contributed by atoms with Crippen LogP contribution in [0.25, 0.3) is 10.9 Å². The van der Waals surface area contributed by atoms with Crippen LogP contribution in [0.15, 0.2) is 18.5 Å². The van der Waals surface area contributed by atoms with Crippen molar-refractivity contribution < 1.29 is 9.18 Å². The van der Waals surface area contributed by atoms with Gasteiger partial charge in [-0.15, -0.1) is 0 Å². The van der Waals surface area contributed by atoms with Crippen LogP contribution in [0.3, 0.4) is 0 Å². The van der Waals surface area contributed by atoms with Crippen molar-refractivity contribution >= 4 is 16.7 Å². The molecule has 0 fully saturated rings.